The summed E-state index contributed by atoms with van der Waals surface area (Å²) in [6, 6.07) is 18.3. The third-order valence-corrected chi connectivity index (χ3v) is 7.31. The van der Waals surface area contributed by atoms with Crippen LogP contribution in [0, 0.1) is 6.92 Å². The van der Waals surface area contributed by atoms with Crippen molar-refractivity contribution in [1.82, 2.24) is 9.47 Å². The van der Waals surface area contributed by atoms with Crippen molar-refractivity contribution in [2.75, 3.05) is 19.3 Å². The van der Waals surface area contributed by atoms with Crippen LogP contribution in [0.15, 0.2) is 59.6 Å². The van der Waals surface area contributed by atoms with Gasteiger partial charge in [-0.3, -0.25) is 4.79 Å². The Balaban J connectivity index is 1.38. The minimum Gasteiger partial charge on any atom is -0.491 e. The molecule has 0 saturated carbocycles. The van der Waals surface area contributed by atoms with Crippen molar-refractivity contribution in [3.63, 3.8) is 0 Å². The molecule has 5 nitrogen and oxygen atoms in total. The second kappa shape index (κ2) is 8.49. The number of nitrogens with zero attached hydrogens (tertiary/aromatic N) is 2. The van der Waals surface area contributed by atoms with Crippen molar-refractivity contribution in [2.24, 2.45) is 0 Å². The molecule has 3 heterocycles. The molecule has 1 saturated heterocycles. The molecule has 1 spiro atoms. The third-order valence-electron chi connectivity index (χ3n) is 6.58. The molecule has 0 radical (unpaired) electrons. The van der Waals surface area contributed by atoms with Gasteiger partial charge in [-0.1, -0.05) is 12.1 Å². The second-order valence-corrected chi connectivity index (χ2v) is 9.93. The van der Waals surface area contributed by atoms with E-state index in [4.69, 9.17) is 9.47 Å². The van der Waals surface area contributed by atoms with Gasteiger partial charge in [0.1, 0.15) is 11.5 Å². The number of benzene rings is 2. The van der Waals surface area contributed by atoms with Crippen LogP contribution in [0.2, 0.25) is 0 Å². The Bertz CT molecular complexity index is 1190. The van der Waals surface area contributed by atoms with E-state index in [-0.39, 0.29) is 12.0 Å². The molecular weight excluding hydrogens is 432 g/mol. The van der Waals surface area contributed by atoms with Crippen molar-refractivity contribution in [1.29, 1.82) is 0 Å². The number of amides is 1. The Morgan fingerprint density at radius 1 is 1.09 bits per heavy atom. The highest BCUT2D eigenvalue weighted by Crippen LogP contribution is 2.47. The predicted molar refractivity (Wildman–Crippen MR) is 132 cm³/mol. The Hall–Kier alpha value is -2.86. The summed E-state index contributed by atoms with van der Waals surface area (Å²) in [5.41, 5.74) is 3.55. The van der Waals surface area contributed by atoms with Gasteiger partial charge in [-0.15, -0.1) is 11.8 Å². The van der Waals surface area contributed by atoms with Crippen molar-refractivity contribution < 1.29 is 14.3 Å². The van der Waals surface area contributed by atoms with Gasteiger partial charge in [0.05, 0.1) is 22.5 Å². The van der Waals surface area contributed by atoms with Crippen LogP contribution in [0.5, 0.6) is 11.5 Å². The number of carbonyl (C=O) groups excluding carboxylic acids is 1. The van der Waals surface area contributed by atoms with E-state index in [1.165, 1.54) is 10.7 Å². The lowest BCUT2D eigenvalue weighted by Gasteiger charge is -2.45. The van der Waals surface area contributed by atoms with Crippen molar-refractivity contribution in [3.8, 4) is 17.2 Å². The van der Waals surface area contributed by atoms with Crippen LogP contribution in [0.1, 0.15) is 48.3 Å². The van der Waals surface area contributed by atoms with Gasteiger partial charge in [-0.05, 0) is 75.1 Å². The number of rotatable bonds is 4. The SMILES string of the molecule is CSc1ccc2n1-c1ccccc1OC21CCN(C(=O)c2ccc(OC(C)C)c(C)c2)CC1. The van der Waals surface area contributed by atoms with Crippen LogP contribution >= 0.6 is 11.8 Å². The molecule has 6 heteroatoms. The third kappa shape index (κ3) is 3.80. The molecule has 1 fully saturated rings. The maximum atomic E-state index is 13.3. The molecule has 0 unspecified atom stereocenters. The van der Waals surface area contributed by atoms with Gasteiger partial charge in [-0.2, -0.15) is 0 Å². The number of hydrogen-bond acceptors (Lipinski definition) is 4. The highest BCUT2D eigenvalue weighted by atomic mass is 32.2. The lowest BCUT2D eigenvalue weighted by molar-refractivity contribution is -0.00991. The van der Waals surface area contributed by atoms with E-state index in [2.05, 4.69) is 35.1 Å². The minimum absolute atomic E-state index is 0.0699. The van der Waals surface area contributed by atoms with Crippen molar-refractivity contribution in [2.45, 2.75) is 50.3 Å². The number of para-hydroxylation sites is 2. The highest BCUT2D eigenvalue weighted by molar-refractivity contribution is 7.98. The van der Waals surface area contributed by atoms with Crippen LogP contribution in [-0.4, -0.2) is 40.8 Å². The molecular formula is C27H30N2O3S. The molecule has 2 aliphatic rings. The van der Waals surface area contributed by atoms with Gasteiger partial charge in [0.2, 0.25) is 0 Å². The fourth-order valence-electron chi connectivity index (χ4n) is 4.95. The number of aryl methyl sites for hydroxylation is 1. The summed E-state index contributed by atoms with van der Waals surface area (Å²) < 4.78 is 14.8. The molecule has 3 aromatic rings. The molecule has 0 bridgehead atoms. The fraction of sp³-hybridized carbons (Fsp3) is 0.370. The second-order valence-electron chi connectivity index (χ2n) is 9.10. The average Bonchev–Trinajstić information content (AvgIpc) is 3.26. The quantitative estimate of drug-likeness (QED) is 0.458. The molecule has 2 aromatic carbocycles. The summed E-state index contributed by atoms with van der Waals surface area (Å²) in [5, 5.41) is 1.21. The number of thioether (sulfide) groups is 1. The summed E-state index contributed by atoms with van der Waals surface area (Å²) in [4.78, 5) is 15.2. The lowest BCUT2D eigenvalue weighted by Crippen LogP contribution is -2.50. The molecule has 172 valence electrons. The van der Waals surface area contributed by atoms with Crippen molar-refractivity contribution >= 4 is 17.7 Å². The first-order valence-corrected chi connectivity index (χ1v) is 12.8. The smallest absolute Gasteiger partial charge is 0.253 e. The predicted octanol–water partition coefficient (Wildman–Crippen LogP) is 5.82. The van der Waals surface area contributed by atoms with Crippen LogP contribution in [0.25, 0.3) is 5.69 Å². The standard InChI is InChI=1S/C27H30N2O3S/c1-18(2)31-22-10-9-20(17-19(22)3)26(30)28-15-13-27(14-16-28)24-11-12-25(33-4)29(24)21-7-5-6-8-23(21)32-27/h5-12,17-18H,13-16H2,1-4H3. The zero-order valence-corrected chi connectivity index (χ0v) is 20.4. The van der Waals surface area contributed by atoms with E-state index in [0.717, 1.165) is 35.6 Å². The Kier molecular flexibility index (Phi) is 5.65. The number of piperidine rings is 1. The summed E-state index contributed by atoms with van der Waals surface area (Å²) >= 11 is 1.74. The number of aromatic nitrogens is 1. The zero-order valence-electron chi connectivity index (χ0n) is 19.6. The monoisotopic (exact) mass is 462 g/mol. The fourth-order valence-corrected chi connectivity index (χ4v) is 5.54. The molecule has 0 aliphatic carbocycles. The summed E-state index contributed by atoms with van der Waals surface area (Å²) in [6.45, 7) is 7.32. The number of hydrogen-bond donors (Lipinski definition) is 0. The highest BCUT2D eigenvalue weighted by Gasteiger charge is 2.45. The maximum Gasteiger partial charge on any atom is 0.253 e. The Labute approximate surface area is 199 Å². The van der Waals surface area contributed by atoms with E-state index in [0.29, 0.717) is 18.7 Å². The summed E-state index contributed by atoms with van der Waals surface area (Å²) in [7, 11) is 0. The average molecular weight is 463 g/mol. The number of likely N-dealkylation sites (tertiary alicyclic amines) is 1. The number of carbonyl (C=O) groups is 1. The van der Waals surface area contributed by atoms with E-state index < -0.39 is 5.60 Å². The molecule has 33 heavy (non-hydrogen) atoms. The van der Waals surface area contributed by atoms with Crippen LogP contribution in [0.3, 0.4) is 0 Å². The summed E-state index contributed by atoms with van der Waals surface area (Å²) in [6.07, 6.45) is 3.74. The van der Waals surface area contributed by atoms with Gasteiger partial charge in [0.25, 0.3) is 5.91 Å². The van der Waals surface area contributed by atoms with Crippen LogP contribution in [0.4, 0.5) is 0 Å². The van der Waals surface area contributed by atoms with Gasteiger partial charge >= 0.3 is 0 Å². The molecule has 2 aliphatic heterocycles. The topological polar surface area (TPSA) is 43.7 Å². The van der Waals surface area contributed by atoms with Gasteiger partial charge in [0, 0.05) is 31.5 Å². The van der Waals surface area contributed by atoms with E-state index in [1.54, 1.807) is 11.8 Å². The first-order valence-electron chi connectivity index (χ1n) is 11.5. The first kappa shape index (κ1) is 22.0. The van der Waals surface area contributed by atoms with Crippen LogP contribution < -0.4 is 9.47 Å². The molecule has 1 amide bonds. The Morgan fingerprint density at radius 2 is 1.85 bits per heavy atom. The van der Waals surface area contributed by atoms with Crippen LogP contribution in [-0.2, 0) is 5.60 Å². The van der Waals surface area contributed by atoms with E-state index in [9.17, 15) is 4.79 Å². The minimum atomic E-state index is -0.413. The van der Waals surface area contributed by atoms with E-state index in [1.807, 2.05) is 56.0 Å². The molecule has 1 aromatic heterocycles. The lowest BCUT2D eigenvalue weighted by atomic mass is 9.86. The summed E-state index contributed by atoms with van der Waals surface area (Å²) in [5.74, 6) is 1.81. The van der Waals surface area contributed by atoms with E-state index >= 15 is 0 Å². The first-order chi connectivity index (χ1) is 15.9. The molecule has 5 rings (SSSR count). The largest absolute Gasteiger partial charge is 0.491 e. The van der Waals surface area contributed by atoms with Crippen molar-refractivity contribution in [3.05, 3.63) is 71.4 Å². The number of ether oxygens (including phenoxy) is 2. The normalized spacial score (nSPS) is 16.3. The maximum absolute atomic E-state index is 13.3. The van der Waals surface area contributed by atoms with Gasteiger partial charge in [-0.25, -0.2) is 0 Å². The molecule has 0 N–H and O–H groups in total. The molecule has 0 atom stereocenters. The van der Waals surface area contributed by atoms with Gasteiger partial charge < -0.3 is 18.9 Å². The van der Waals surface area contributed by atoms with Gasteiger partial charge in [0.15, 0.2) is 5.60 Å². The number of fused-ring (bicyclic) bond motifs is 4. The Morgan fingerprint density at radius 3 is 2.55 bits per heavy atom. The zero-order chi connectivity index (χ0) is 23.2.